The number of rotatable bonds is 0. The van der Waals surface area contributed by atoms with Crippen LogP contribution in [0.2, 0.25) is 0 Å². The van der Waals surface area contributed by atoms with Crippen molar-refractivity contribution < 1.29 is 1.43 Å². The van der Waals surface area contributed by atoms with E-state index in [2.05, 4.69) is 15.9 Å². The van der Waals surface area contributed by atoms with Gasteiger partial charge in [-0.25, -0.2) is 0 Å². The zero-order valence-corrected chi connectivity index (χ0v) is 4.26. The summed E-state index contributed by atoms with van der Waals surface area (Å²) in [6.07, 6.45) is 3.46. The molecule has 1 rings (SSSR count). The van der Waals surface area contributed by atoms with Crippen molar-refractivity contribution in [1.29, 1.82) is 0 Å². The Hall–Kier alpha value is -0.830. The first kappa shape index (κ1) is 6.17. The summed E-state index contributed by atoms with van der Waals surface area (Å²) in [6, 6.07) is 1.83. The molecule has 3 heteroatoms. The summed E-state index contributed by atoms with van der Waals surface area (Å²) in [5.41, 5.74) is 4.50. The third kappa shape index (κ3) is 2.99. The van der Waals surface area contributed by atoms with Crippen molar-refractivity contribution in [2.24, 2.45) is 5.73 Å². The summed E-state index contributed by atoms with van der Waals surface area (Å²) in [4.78, 5) is 0. The zero-order valence-electron chi connectivity index (χ0n) is 4.26. The average molecular weight is 101 g/mol. The van der Waals surface area contributed by atoms with E-state index in [0.29, 0.717) is 0 Å². The number of H-pyrrole nitrogens is 1. The largest absolute Gasteiger partial charge is 0.333 e. The predicted octanol–water partition coefficient (Wildman–Crippen LogP) is 0.231. The Kier molecular flexibility index (Phi) is 4.56. The molecule has 7 heavy (non-hydrogen) atoms. The van der Waals surface area contributed by atoms with Gasteiger partial charge in [0, 0.05) is 13.8 Å². The Morgan fingerprint density at radius 1 is 1.71 bits per heavy atom. The van der Waals surface area contributed by atoms with Crippen molar-refractivity contribution in [2.75, 3.05) is 7.05 Å². The zero-order chi connectivity index (χ0) is 5.54. The van der Waals surface area contributed by atoms with E-state index < -0.39 is 0 Å². The van der Waals surface area contributed by atoms with Gasteiger partial charge in [-0.05, 0) is 13.1 Å². The van der Waals surface area contributed by atoms with Crippen LogP contribution in [-0.2, 0) is 0 Å². The minimum absolute atomic E-state index is 0. The topological polar surface area (TPSA) is 54.7 Å². The van der Waals surface area contributed by atoms with Crippen LogP contribution in [-0.4, -0.2) is 17.2 Å². The molecule has 0 radical (unpaired) electrons. The van der Waals surface area contributed by atoms with Crippen LogP contribution in [0.15, 0.2) is 18.5 Å². The summed E-state index contributed by atoms with van der Waals surface area (Å²) in [5, 5.41) is 6.21. The lowest BCUT2D eigenvalue weighted by atomic mass is 10.8. The van der Waals surface area contributed by atoms with E-state index in [0.717, 1.165) is 0 Å². The molecule has 3 nitrogen and oxygen atoms in total. The van der Waals surface area contributed by atoms with E-state index in [9.17, 15) is 0 Å². The third-order valence-corrected chi connectivity index (χ3v) is 0.406. The molecule has 0 bridgehead atoms. The van der Waals surface area contributed by atoms with Crippen LogP contribution in [0.3, 0.4) is 0 Å². The van der Waals surface area contributed by atoms with E-state index in [1.54, 1.807) is 12.4 Å². The van der Waals surface area contributed by atoms with Crippen LogP contribution < -0.4 is 5.73 Å². The summed E-state index contributed by atoms with van der Waals surface area (Å²) < 4.78 is 0. The standard InChI is InChI=1S/C3H4N2.CH5N.H2/c1-2-4-5-3-1;1-2;/h1-3H,(H,4,5);2H2,1H3;1H. The SMILES string of the molecule is CN.[HH].c1cn[nH]c1. The first-order valence-corrected chi connectivity index (χ1v) is 2.01. The normalized spacial score (nSPS) is 6.57. The molecule has 3 N–H and O–H groups in total. The molecule has 0 unspecified atom stereocenters. The lowest BCUT2D eigenvalue weighted by Crippen LogP contribution is -1.69. The van der Waals surface area contributed by atoms with Crippen LogP contribution in [0.4, 0.5) is 0 Å². The van der Waals surface area contributed by atoms with Gasteiger partial charge in [0.1, 0.15) is 0 Å². The van der Waals surface area contributed by atoms with Gasteiger partial charge in [0.25, 0.3) is 0 Å². The molecule has 0 spiro atoms. The molecule has 0 saturated carbocycles. The second-order valence-corrected chi connectivity index (χ2v) is 0.766. The van der Waals surface area contributed by atoms with Crippen molar-refractivity contribution in [3.63, 3.8) is 0 Å². The number of aromatic amines is 1. The number of hydrogen-bond acceptors (Lipinski definition) is 2. The molecule has 0 aliphatic carbocycles. The van der Waals surface area contributed by atoms with Gasteiger partial charge >= 0.3 is 0 Å². The lowest BCUT2D eigenvalue weighted by molar-refractivity contribution is 1.09. The van der Waals surface area contributed by atoms with Crippen LogP contribution in [0.25, 0.3) is 0 Å². The fraction of sp³-hybridized carbons (Fsp3) is 0.250. The van der Waals surface area contributed by atoms with E-state index in [-0.39, 0.29) is 1.43 Å². The van der Waals surface area contributed by atoms with Gasteiger partial charge in [-0.2, -0.15) is 5.10 Å². The van der Waals surface area contributed by atoms with Gasteiger partial charge < -0.3 is 5.73 Å². The molecule has 0 aliphatic heterocycles. The quantitative estimate of drug-likeness (QED) is 0.491. The molecule has 0 aliphatic rings. The fourth-order valence-electron chi connectivity index (χ4n) is 0.215. The summed E-state index contributed by atoms with van der Waals surface area (Å²) >= 11 is 0. The highest BCUT2D eigenvalue weighted by molar-refractivity contribution is 4.72. The van der Waals surface area contributed by atoms with Crippen LogP contribution in [0.1, 0.15) is 1.43 Å². The number of nitrogens with zero attached hydrogens (tertiary/aromatic N) is 1. The molecule has 42 valence electrons. The van der Waals surface area contributed by atoms with Gasteiger partial charge in [-0.3, -0.25) is 5.10 Å². The lowest BCUT2D eigenvalue weighted by Gasteiger charge is -1.49. The Bertz CT molecular complexity index is 67.8. The van der Waals surface area contributed by atoms with Crippen LogP contribution >= 0.6 is 0 Å². The van der Waals surface area contributed by atoms with Crippen LogP contribution in [0.5, 0.6) is 0 Å². The fourth-order valence-corrected chi connectivity index (χ4v) is 0.215. The minimum Gasteiger partial charge on any atom is -0.333 e. The van der Waals surface area contributed by atoms with Crippen molar-refractivity contribution in [1.82, 2.24) is 10.2 Å². The maximum absolute atomic E-state index is 4.50. The van der Waals surface area contributed by atoms with E-state index in [4.69, 9.17) is 0 Å². The third-order valence-electron chi connectivity index (χ3n) is 0.406. The van der Waals surface area contributed by atoms with Crippen molar-refractivity contribution >= 4 is 0 Å². The number of hydrogen-bond donors (Lipinski definition) is 2. The van der Waals surface area contributed by atoms with E-state index in [1.165, 1.54) is 7.05 Å². The molecule has 1 aromatic rings. The predicted molar refractivity (Wildman–Crippen MR) is 30.8 cm³/mol. The molecule has 0 fully saturated rings. The number of nitrogens with one attached hydrogen (secondary N) is 1. The highest BCUT2D eigenvalue weighted by Crippen LogP contribution is 1.64. The van der Waals surface area contributed by atoms with Gasteiger partial charge in [0.2, 0.25) is 0 Å². The minimum atomic E-state index is 0. The molecule has 0 aromatic carbocycles. The average Bonchev–Trinajstić information content (AvgIpc) is 2.23. The van der Waals surface area contributed by atoms with Gasteiger partial charge in [-0.1, -0.05) is 0 Å². The summed E-state index contributed by atoms with van der Waals surface area (Å²) in [7, 11) is 1.50. The van der Waals surface area contributed by atoms with E-state index >= 15 is 0 Å². The van der Waals surface area contributed by atoms with E-state index in [1.807, 2.05) is 6.07 Å². The Morgan fingerprint density at radius 3 is 2.57 bits per heavy atom. The highest BCUT2D eigenvalue weighted by atomic mass is 15.1. The van der Waals surface area contributed by atoms with Crippen LogP contribution in [0, 0.1) is 0 Å². The molecule has 0 amide bonds. The molecule has 1 aromatic heterocycles. The Morgan fingerprint density at radius 2 is 2.43 bits per heavy atom. The monoisotopic (exact) mass is 101 g/mol. The molecular formula is C4H11N3. The second kappa shape index (κ2) is 5.17. The van der Waals surface area contributed by atoms with Gasteiger partial charge in [-0.15, -0.1) is 0 Å². The first-order chi connectivity index (χ1) is 3.50. The number of aromatic nitrogens is 2. The summed E-state index contributed by atoms with van der Waals surface area (Å²) in [6.45, 7) is 0. The Labute approximate surface area is 44.0 Å². The highest BCUT2D eigenvalue weighted by Gasteiger charge is 1.56. The molecule has 1 heterocycles. The number of nitrogens with two attached hydrogens (primary N) is 1. The Balaban J connectivity index is 0. The van der Waals surface area contributed by atoms with Crippen molar-refractivity contribution in [3.8, 4) is 0 Å². The molecular weight excluding hydrogens is 90.1 g/mol. The maximum atomic E-state index is 4.50. The molecule has 0 atom stereocenters. The molecule has 0 saturated heterocycles. The van der Waals surface area contributed by atoms with Gasteiger partial charge in [0.05, 0.1) is 0 Å². The second-order valence-electron chi connectivity index (χ2n) is 0.766. The smallest absolute Gasteiger partial charge is 0.0487 e. The van der Waals surface area contributed by atoms with Crippen molar-refractivity contribution in [2.45, 2.75) is 0 Å². The van der Waals surface area contributed by atoms with Crippen molar-refractivity contribution in [3.05, 3.63) is 18.5 Å². The van der Waals surface area contributed by atoms with Gasteiger partial charge in [0.15, 0.2) is 0 Å². The summed E-state index contributed by atoms with van der Waals surface area (Å²) in [5.74, 6) is 0. The maximum Gasteiger partial charge on any atom is 0.0487 e. The first-order valence-electron chi connectivity index (χ1n) is 2.01.